The highest BCUT2D eigenvalue weighted by Crippen LogP contribution is 2.23. The Hall–Kier alpha value is -9.12. The fraction of sp³-hybridized carbons (Fsp3) is 0.427. The maximum absolute atomic E-state index is 15.1. The maximum Gasteiger partial charge on any atom is 0.293 e. The molecule has 97 heavy (non-hydrogen) atoms. The number of ketones is 4. The summed E-state index contributed by atoms with van der Waals surface area (Å²) < 4.78 is 37.6. The van der Waals surface area contributed by atoms with Crippen molar-refractivity contribution in [3.63, 3.8) is 0 Å². The third-order valence-corrected chi connectivity index (χ3v) is 18.0. The quantitative estimate of drug-likeness (QED) is 0.00859. The number of amides is 6. The molecule has 5 N–H and O–H groups in total. The summed E-state index contributed by atoms with van der Waals surface area (Å²) in [6, 6.07) is 43.5. The number of ether oxygens (including phenoxy) is 1. The van der Waals surface area contributed by atoms with Gasteiger partial charge in [-0.2, -0.15) is 8.42 Å². The molecule has 0 fully saturated rings. The highest BCUT2D eigenvalue weighted by atomic mass is 32.2. The lowest BCUT2D eigenvalue weighted by atomic mass is 9.87. The molecule has 518 valence electrons. The van der Waals surface area contributed by atoms with Gasteiger partial charge in [-0.15, -0.1) is 0 Å². The summed E-state index contributed by atoms with van der Waals surface area (Å²) in [4.78, 5) is 150. The Morgan fingerprint density at radius 1 is 0.495 bits per heavy atom. The average Bonchev–Trinajstić information content (AvgIpc) is 1.65. The summed E-state index contributed by atoms with van der Waals surface area (Å²) >= 11 is 0. The van der Waals surface area contributed by atoms with Gasteiger partial charge in [0.2, 0.25) is 23.6 Å². The van der Waals surface area contributed by atoms with Gasteiger partial charge in [0.15, 0.2) is 11.6 Å². The van der Waals surface area contributed by atoms with Crippen molar-refractivity contribution in [3.8, 4) is 0 Å². The summed E-state index contributed by atoms with van der Waals surface area (Å²) in [7, 11) is -0.419. The van der Waals surface area contributed by atoms with Crippen LogP contribution in [0.2, 0.25) is 0 Å². The van der Waals surface area contributed by atoms with Crippen molar-refractivity contribution in [3.05, 3.63) is 192 Å². The molecular formula is C75H93N6O15S+. The molecule has 6 amide bonds. The lowest BCUT2D eigenvalue weighted by molar-refractivity contribution is -0.889. The van der Waals surface area contributed by atoms with Crippen LogP contribution in [-0.4, -0.2) is 158 Å². The Kier molecular flexibility index (Phi) is 32.1. The van der Waals surface area contributed by atoms with E-state index in [0.717, 1.165) is 32.7 Å². The van der Waals surface area contributed by atoms with Crippen LogP contribution in [0.3, 0.4) is 0 Å². The molecule has 0 spiro atoms. The van der Waals surface area contributed by atoms with E-state index in [2.05, 4.69) is 21.3 Å². The van der Waals surface area contributed by atoms with Gasteiger partial charge in [0.25, 0.3) is 28.4 Å². The monoisotopic (exact) mass is 1350 g/mol. The van der Waals surface area contributed by atoms with Crippen LogP contribution in [-0.2, 0) is 99.7 Å². The third kappa shape index (κ3) is 29.4. The van der Waals surface area contributed by atoms with Gasteiger partial charge in [0.1, 0.15) is 17.7 Å². The van der Waals surface area contributed by atoms with E-state index in [1.165, 1.54) is 12.2 Å². The first-order chi connectivity index (χ1) is 46.5. The number of unbranched alkanes of at least 4 members (excludes halogenated alkanes) is 1. The Bertz CT molecular complexity index is 3520. The van der Waals surface area contributed by atoms with Gasteiger partial charge in [-0.3, -0.25) is 62.2 Å². The summed E-state index contributed by atoms with van der Waals surface area (Å²) in [6.45, 7) is 1.73. The topological polar surface area (TPSA) is 303 Å². The highest BCUT2D eigenvalue weighted by Gasteiger charge is 2.34. The molecule has 0 bridgehead atoms. The zero-order valence-corrected chi connectivity index (χ0v) is 56.4. The number of hydrogen-bond donors (Lipinski definition) is 5. The number of imide groups is 1. The van der Waals surface area contributed by atoms with Crippen LogP contribution in [0.5, 0.6) is 0 Å². The Labute approximate surface area is 569 Å². The van der Waals surface area contributed by atoms with Crippen molar-refractivity contribution in [2.75, 3.05) is 52.6 Å². The van der Waals surface area contributed by atoms with Gasteiger partial charge in [0.05, 0.1) is 51.6 Å². The summed E-state index contributed by atoms with van der Waals surface area (Å²) in [6.07, 6.45) is 3.10. The van der Waals surface area contributed by atoms with Gasteiger partial charge < -0.3 is 30.5 Å². The molecule has 1 aliphatic heterocycles. The molecule has 5 aromatic rings. The number of nitrogens with one attached hydrogen (secondary N) is 4. The molecule has 0 radical (unpaired) electrons. The smallest absolute Gasteiger partial charge is 0.293 e. The average molecular weight is 1350 g/mol. The molecule has 1 aliphatic rings. The number of Topliss-reactive ketones (excluding diaryl/α,β-unsaturated/α-hetero) is 4. The van der Waals surface area contributed by atoms with Crippen molar-refractivity contribution in [2.24, 2.45) is 17.8 Å². The molecule has 0 saturated carbocycles. The Balaban J connectivity index is 1.12. The molecular weight excluding hydrogens is 1260 g/mol. The minimum absolute atomic E-state index is 0.0423. The molecule has 0 saturated heterocycles. The van der Waals surface area contributed by atoms with Crippen LogP contribution in [0.4, 0.5) is 0 Å². The minimum Gasteiger partial charge on any atom is -0.464 e. The molecule has 6 atom stereocenters. The normalized spacial score (nSPS) is 14.1. The first kappa shape index (κ1) is 76.9. The summed E-state index contributed by atoms with van der Waals surface area (Å²) in [5, 5.41) is 11.7. The number of hydrogen-bond acceptors (Lipinski definition) is 14. The largest absolute Gasteiger partial charge is 0.464 e. The van der Waals surface area contributed by atoms with Crippen molar-refractivity contribution < 1.29 is 74.9 Å². The predicted octanol–water partition coefficient (Wildman–Crippen LogP) is 7.03. The number of rotatable bonds is 47. The van der Waals surface area contributed by atoms with Crippen LogP contribution in [0.25, 0.3) is 0 Å². The van der Waals surface area contributed by atoms with E-state index in [9.17, 15) is 60.9 Å². The lowest BCUT2D eigenvalue weighted by Gasteiger charge is -2.30. The van der Waals surface area contributed by atoms with E-state index >= 15 is 4.79 Å². The van der Waals surface area contributed by atoms with Crippen molar-refractivity contribution in [1.29, 1.82) is 0 Å². The van der Waals surface area contributed by atoms with Crippen LogP contribution >= 0.6 is 0 Å². The second-order valence-corrected chi connectivity index (χ2v) is 27.2. The van der Waals surface area contributed by atoms with E-state index in [1.807, 2.05) is 166 Å². The molecule has 21 nitrogen and oxygen atoms in total. The van der Waals surface area contributed by atoms with E-state index in [-0.39, 0.29) is 145 Å². The second-order valence-electron chi connectivity index (χ2n) is 25.6. The fourth-order valence-corrected chi connectivity index (χ4v) is 12.3. The third-order valence-electron chi connectivity index (χ3n) is 17.2. The summed E-state index contributed by atoms with van der Waals surface area (Å²) in [5.41, 5.74) is 3.84. The standard InChI is InChI=1S/C75H92N6O15S/c1-81(2,42-22-44-97(93,94)95)43-40-77-73(90)60(33-18-19-39-76-70(87)36-21-41-80-71(88)37-38-72(80)89)50-63(83)34-20-35-64(84)51-61(45-55-23-8-3-9-24-55)74(91)78-66(48-58-29-14-6-15-30-58)68(85)52-62(46-56-25-10-4-11-26-56)75(92)79-67(49-59-31-16-7-17-32-59)69(86)53-65(96-54-82)47-57-27-12-5-13-28-57/h3-17,23-32,37-38,54,60-62,65-67H,18-22,33-36,39-53H2,1-2H3,(H4-,76,77,78,79,87,90,91,92,93,94,95)/p+1. The first-order valence-electron chi connectivity index (χ1n) is 33.4. The van der Waals surface area contributed by atoms with Crippen LogP contribution in [0.1, 0.15) is 111 Å². The van der Waals surface area contributed by atoms with Gasteiger partial charge in [0, 0.05) is 101 Å². The lowest BCUT2D eigenvalue weighted by Crippen LogP contribution is -2.49. The molecule has 22 heteroatoms. The maximum atomic E-state index is 15.1. The van der Waals surface area contributed by atoms with Crippen LogP contribution < -0.4 is 21.3 Å². The van der Waals surface area contributed by atoms with Gasteiger partial charge in [-0.1, -0.05) is 158 Å². The number of benzene rings is 5. The van der Waals surface area contributed by atoms with Crippen LogP contribution in [0, 0.1) is 17.8 Å². The van der Waals surface area contributed by atoms with E-state index < -0.39 is 81.2 Å². The summed E-state index contributed by atoms with van der Waals surface area (Å²) in [5.74, 6) is -7.18. The number of likely N-dealkylation sites (N-methyl/N-ethyl adjacent to an activating group) is 1. The molecule has 5 aromatic carbocycles. The fourth-order valence-electron chi connectivity index (χ4n) is 11.8. The van der Waals surface area contributed by atoms with Crippen molar-refractivity contribution in [1.82, 2.24) is 26.2 Å². The van der Waals surface area contributed by atoms with E-state index in [0.29, 0.717) is 43.3 Å². The second kappa shape index (κ2) is 40.4. The minimum atomic E-state index is -4.14. The van der Waals surface area contributed by atoms with Gasteiger partial charge in [-0.25, -0.2) is 0 Å². The van der Waals surface area contributed by atoms with Gasteiger partial charge >= 0.3 is 0 Å². The number of carbonyl (C=O) groups excluding carboxylic acids is 11. The van der Waals surface area contributed by atoms with Crippen molar-refractivity contribution in [2.45, 2.75) is 134 Å². The first-order valence-corrected chi connectivity index (χ1v) is 35.0. The molecule has 0 aliphatic carbocycles. The number of quaternary nitrogens is 1. The predicted molar refractivity (Wildman–Crippen MR) is 366 cm³/mol. The zero-order chi connectivity index (χ0) is 70.0. The molecule has 6 unspecified atom stereocenters. The number of carbonyl (C=O) groups is 11. The molecule has 1 heterocycles. The van der Waals surface area contributed by atoms with Crippen LogP contribution in [0.15, 0.2) is 164 Å². The van der Waals surface area contributed by atoms with Crippen molar-refractivity contribution >= 4 is 75.2 Å². The molecule has 0 aromatic heterocycles. The highest BCUT2D eigenvalue weighted by molar-refractivity contribution is 7.85. The zero-order valence-electron chi connectivity index (χ0n) is 55.6. The van der Waals surface area contributed by atoms with E-state index in [4.69, 9.17) is 4.74 Å². The molecule has 6 rings (SSSR count). The van der Waals surface area contributed by atoms with E-state index in [1.54, 1.807) is 0 Å². The Morgan fingerprint density at radius 2 is 0.938 bits per heavy atom. The van der Waals surface area contributed by atoms with Gasteiger partial charge in [-0.05, 0) is 79.2 Å². The number of nitrogens with zero attached hydrogens (tertiary/aromatic N) is 2. The Morgan fingerprint density at radius 3 is 1.41 bits per heavy atom. The SMILES string of the molecule is C[N+](C)(CCCS(=O)(=O)O)CCNC(=O)C(CCCCNC(=O)CCCN1C(=O)C=CC1=O)CC(=O)CCCC(=O)CC(Cc1ccccc1)C(=O)NC(Cc1ccccc1)C(=O)CC(Cc1ccccc1)C(=O)NC(Cc1ccccc1)C(=O)CC(Cc1ccccc1)OC=O.